The molecule has 114 valence electrons. The number of carbonyl (C=O) groups excluding carboxylic acids is 1. The van der Waals surface area contributed by atoms with Crippen LogP contribution >= 0.6 is 11.6 Å². The van der Waals surface area contributed by atoms with Crippen molar-refractivity contribution in [3.05, 3.63) is 64.2 Å². The van der Waals surface area contributed by atoms with E-state index in [1.54, 1.807) is 17.0 Å². The SMILES string of the molecule is NC(Cc1ccc(O)cc1Cl)C(=O)N1Cc2ccccc2C1. The molecule has 5 heteroatoms. The van der Waals surface area contributed by atoms with Crippen molar-refractivity contribution in [2.24, 2.45) is 5.73 Å². The van der Waals surface area contributed by atoms with Crippen LogP contribution in [0.4, 0.5) is 0 Å². The van der Waals surface area contributed by atoms with Crippen molar-refractivity contribution in [3.63, 3.8) is 0 Å². The molecule has 4 nitrogen and oxygen atoms in total. The smallest absolute Gasteiger partial charge is 0.240 e. The van der Waals surface area contributed by atoms with E-state index < -0.39 is 6.04 Å². The molecule has 1 amide bonds. The zero-order chi connectivity index (χ0) is 15.7. The molecule has 1 heterocycles. The number of fused-ring (bicyclic) bond motifs is 1. The number of hydrogen-bond donors (Lipinski definition) is 2. The molecule has 3 N–H and O–H groups in total. The van der Waals surface area contributed by atoms with Crippen LogP contribution < -0.4 is 5.73 Å². The summed E-state index contributed by atoms with van der Waals surface area (Å²) in [5.74, 6) is 0.0176. The number of nitrogens with two attached hydrogens (primary N) is 1. The minimum atomic E-state index is -0.642. The minimum absolute atomic E-state index is 0.0830. The molecule has 1 atom stereocenters. The third kappa shape index (κ3) is 2.93. The summed E-state index contributed by atoms with van der Waals surface area (Å²) in [6, 6.07) is 12.1. The van der Waals surface area contributed by atoms with Gasteiger partial charge in [0.1, 0.15) is 5.75 Å². The van der Waals surface area contributed by atoms with Crippen LogP contribution in [-0.2, 0) is 24.3 Å². The van der Waals surface area contributed by atoms with E-state index in [1.807, 2.05) is 24.3 Å². The van der Waals surface area contributed by atoms with E-state index in [2.05, 4.69) is 0 Å². The molecule has 2 aromatic carbocycles. The van der Waals surface area contributed by atoms with Gasteiger partial charge in [-0.05, 0) is 35.2 Å². The monoisotopic (exact) mass is 316 g/mol. The van der Waals surface area contributed by atoms with Gasteiger partial charge in [0, 0.05) is 18.1 Å². The first-order chi connectivity index (χ1) is 10.5. The fraction of sp³-hybridized carbons (Fsp3) is 0.235. The quantitative estimate of drug-likeness (QED) is 0.914. The summed E-state index contributed by atoms with van der Waals surface area (Å²) >= 11 is 6.07. The number of amides is 1. The summed E-state index contributed by atoms with van der Waals surface area (Å²) in [7, 11) is 0. The van der Waals surface area contributed by atoms with E-state index in [0.29, 0.717) is 24.5 Å². The van der Waals surface area contributed by atoms with Crippen molar-refractivity contribution in [1.82, 2.24) is 4.90 Å². The molecule has 1 unspecified atom stereocenters. The van der Waals surface area contributed by atoms with Gasteiger partial charge in [-0.15, -0.1) is 0 Å². The molecule has 0 bridgehead atoms. The Morgan fingerprint density at radius 2 is 1.86 bits per heavy atom. The Balaban J connectivity index is 1.68. The van der Waals surface area contributed by atoms with Gasteiger partial charge >= 0.3 is 0 Å². The predicted molar refractivity (Wildman–Crippen MR) is 85.5 cm³/mol. The third-order valence-corrected chi connectivity index (χ3v) is 4.30. The Labute approximate surface area is 134 Å². The summed E-state index contributed by atoms with van der Waals surface area (Å²) in [5, 5.41) is 9.79. The molecule has 1 aliphatic heterocycles. The van der Waals surface area contributed by atoms with Crippen LogP contribution in [0.2, 0.25) is 5.02 Å². The Hall–Kier alpha value is -2.04. The van der Waals surface area contributed by atoms with Crippen molar-refractivity contribution in [2.75, 3.05) is 0 Å². The number of phenolic OH excluding ortho intramolecular Hbond substituents is 1. The van der Waals surface area contributed by atoms with Crippen LogP contribution in [0.1, 0.15) is 16.7 Å². The summed E-state index contributed by atoms with van der Waals surface area (Å²) in [5.41, 5.74) is 9.16. The van der Waals surface area contributed by atoms with Crippen LogP contribution in [-0.4, -0.2) is 22.0 Å². The fourth-order valence-corrected chi connectivity index (χ4v) is 3.00. The molecule has 0 fully saturated rings. The van der Waals surface area contributed by atoms with Crippen molar-refractivity contribution >= 4 is 17.5 Å². The van der Waals surface area contributed by atoms with Gasteiger partial charge in [-0.1, -0.05) is 41.9 Å². The first-order valence-electron chi connectivity index (χ1n) is 7.13. The normalized spacial score (nSPS) is 14.7. The number of phenols is 1. The topological polar surface area (TPSA) is 66.6 Å². The molecule has 0 aromatic heterocycles. The van der Waals surface area contributed by atoms with Gasteiger partial charge in [0.2, 0.25) is 5.91 Å². The molecule has 0 spiro atoms. The summed E-state index contributed by atoms with van der Waals surface area (Å²) < 4.78 is 0. The lowest BCUT2D eigenvalue weighted by Gasteiger charge is -2.20. The molecular formula is C17H17ClN2O2. The van der Waals surface area contributed by atoms with Crippen molar-refractivity contribution in [2.45, 2.75) is 25.6 Å². The molecule has 3 rings (SSSR count). The first kappa shape index (κ1) is 14.9. The average molecular weight is 317 g/mol. The van der Waals surface area contributed by atoms with Crippen LogP contribution in [0.25, 0.3) is 0 Å². The highest BCUT2D eigenvalue weighted by Gasteiger charge is 2.27. The standard InChI is InChI=1S/C17H17ClN2O2/c18-15-8-14(21)6-5-11(15)7-16(19)17(22)20-9-12-3-1-2-4-13(12)10-20/h1-6,8,16,21H,7,9-10,19H2. The number of aromatic hydroxyl groups is 1. The van der Waals surface area contributed by atoms with E-state index in [1.165, 1.54) is 17.2 Å². The van der Waals surface area contributed by atoms with E-state index in [4.69, 9.17) is 17.3 Å². The highest BCUT2D eigenvalue weighted by Crippen LogP contribution is 2.25. The number of benzene rings is 2. The van der Waals surface area contributed by atoms with Gasteiger partial charge in [-0.3, -0.25) is 4.79 Å². The zero-order valence-electron chi connectivity index (χ0n) is 12.0. The zero-order valence-corrected chi connectivity index (χ0v) is 12.8. The van der Waals surface area contributed by atoms with E-state index in [0.717, 1.165) is 5.56 Å². The fourth-order valence-electron chi connectivity index (χ4n) is 2.75. The highest BCUT2D eigenvalue weighted by molar-refractivity contribution is 6.31. The van der Waals surface area contributed by atoms with Crippen molar-refractivity contribution in [1.29, 1.82) is 0 Å². The van der Waals surface area contributed by atoms with Gasteiger partial charge < -0.3 is 15.7 Å². The molecule has 0 aliphatic carbocycles. The van der Waals surface area contributed by atoms with Gasteiger partial charge in [0.15, 0.2) is 0 Å². The maximum absolute atomic E-state index is 12.5. The lowest BCUT2D eigenvalue weighted by atomic mass is 10.1. The Bertz CT molecular complexity index is 693. The van der Waals surface area contributed by atoms with E-state index in [9.17, 15) is 9.90 Å². The largest absolute Gasteiger partial charge is 0.508 e. The number of nitrogens with zero attached hydrogens (tertiary/aromatic N) is 1. The van der Waals surface area contributed by atoms with E-state index >= 15 is 0 Å². The molecule has 1 aliphatic rings. The summed E-state index contributed by atoms with van der Waals surface area (Å²) in [6.45, 7) is 1.21. The van der Waals surface area contributed by atoms with Gasteiger partial charge in [-0.2, -0.15) is 0 Å². The van der Waals surface area contributed by atoms with Gasteiger partial charge in [0.05, 0.1) is 6.04 Å². The second-order valence-corrected chi connectivity index (χ2v) is 5.96. The lowest BCUT2D eigenvalue weighted by molar-refractivity contribution is -0.133. The maximum Gasteiger partial charge on any atom is 0.240 e. The van der Waals surface area contributed by atoms with Crippen LogP contribution in [0, 0.1) is 0 Å². The minimum Gasteiger partial charge on any atom is -0.508 e. The Morgan fingerprint density at radius 1 is 1.23 bits per heavy atom. The molecule has 0 saturated heterocycles. The summed E-state index contributed by atoms with van der Waals surface area (Å²) in [6.07, 6.45) is 0.352. The van der Waals surface area contributed by atoms with Crippen molar-refractivity contribution < 1.29 is 9.90 Å². The molecule has 0 saturated carbocycles. The molecular weight excluding hydrogens is 300 g/mol. The average Bonchev–Trinajstić information content (AvgIpc) is 2.93. The molecule has 22 heavy (non-hydrogen) atoms. The second kappa shape index (κ2) is 5.99. The second-order valence-electron chi connectivity index (χ2n) is 5.55. The molecule has 2 aromatic rings. The summed E-state index contributed by atoms with van der Waals surface area (Å²) in [4.78, 5) is 14.3. The number of halogens is 1. The predicted octanol–water partition coefficient (Wildman–Crippen LogP) is 2.46. The van der Waals surface area contributed by atoms with Gasteiger partial charge in [0.25, 0.3) is 0 Å². The third-order valence-electron chi connectivity index (χ3n) is 3.95. The van der Waals surface area contributed by atoms with Crippen molar-refractivity contribution in [3.8, 4) is 5.75 Å². The number of carbonyl (C=O) groups is 1. The first-order valence-corrected chi connectivity index (χ1v) is 7.51. The Kier molecular flexibility index (Phi) is 4.05. The molecule has 0 radical (unpaired) electrons. The van der Waals surface area contributed by atoms with Crippen LogP contribution in [0.15, 0.2) is 42.5 Å². The Morgan fingerprint density at radius 3 is 2.45 bits per heavy atom. The maximum atomic E-state index is 12.5. The highest BCUT2D eigenvalue weighted by atomic mass is 35.5. The lowest BCUT2D eigenvalue weighted by Crippen LogP contribution is -2.42. The van der Waals surface area contributed by atoms with Crippen LogP contribution in [0.5, 0.6) is 5.75 Å². The van der Waals surface area contributed by atoms with Gasteiger partial charge in [-0.25, -0.2) is 0 Å². The van der Waals surface area contributed by atoms with E-state index in [-0.39, 0.29) is 11.7 Å². The number of hydrogen-bond acceptors (Lipinski definition) is 3. The number of rotatable bonds is 3. The van der Waals surface area contributed by atoms with Crippen LogP contribution in [0.3, 0.4) is 0 Å².